The van der Waals surface area contributed by atoms with Crippen LogP contribution in [-0.4, -0.2) is 65.8 Å². The van der Waals surface area contributed by atoms with Gasteiger partial charge in [0.05, 0.1) is 12.9 Å². The van der Waals surface area contributed by atoms with Crippen molar-refractivity contribution >= 4 is 17.1 Å². The van der Waals surface area contributed by atoms with E-state index >= 15 is 0 Å². The molecule has 0 spiro atoms. The first-order valence-electron chi connectivity index (χ1n) is 8.44. The lowest BCUT2D eigenvalue weighted by atomic mass is 10.1. The fourth-order valence-electron chi connectivity index (χ4n) is 3.61. The van der Waals surface area contributed by atoms with Gasteiger partial charge in [-0.1, -0.05) is 12.8 Å². The van der Waals surface area contributed by atoms with Crippen LogP contribution < -0.4 is 10.9 Å². The molecule has 0 amide bonds. The molecule has 10 nitrogen and oxygen atoms in total. The zero-order valence-corrected chi connectivity index (χ0v) is 13.5. The Morgan fingerprint density at radius 1 is 1.32 bits per heavy atom. The van der Waals surface area contributed by atoms with Crippen molar-refractivity contribution in [2.45, 2.75) is 56.3 Å². The lowest BCUT2D eigenvalue weighted by Crippen LogP contribution is -2.33. The normalized spacial score (nSPS) is 30.4. The molecule has 2 aliphatic rings. The number of nitrogens with one attached hydrogen (secondary N) is 2. The Labute approximate surface area is 142 Å². The van der Waals surface area contributed by atoms with E-state index in [0.717, 1.165) is 25.7 Å². The van der Waals surface area contributed by atoms with Crippen LogP contribution in [0.25, 0.3) is 11.2 Å². The Morgan fingerprint density at radius 2 is 2.08 bits per heavy atom. The van der Waals surface area contributed by atoms with E-state index in [9.17, 15) is 20.1 Å². The van der Waals surface area contributed by atoms with Crippen LogP contribution in [0.1, 0.15) is 31.9 Å². The second-order valence-electron chi connectivity index (χ2n) is 6.56. The van der Waals surface area contributed by atoms with Gasteiger partial charge in [-0.15, -0.1) is 0 Å². The number of H-pyrrole nitrogens is 1. The van der Waals surface area contributed by atoms with Crippen molar-refractivity contribution in [2.24, 2.45) is 0 Å². The first kappa shape index (κ1) is 16.5. The molecule has 10 heteroatoms. The van der Waals surface area contributed by atoms with Gasteiger partial charge in [0.2, 0.25) is 5.95 Å². The maximum atomic E-state index is 12.1. The van der Waals surface area contributed by atoms with E-state index in [1.54, 1.807) is 0 Å². The Hall–Kier alpha value is -2.01. The van der Waals surface area contributed by atoms with Gasteiger partial charge in [-0.3, -0.25) is 9.36 Å². The third kappa shape index (κ3) is 2.71. The van der Waals surface area contributed by atoms with E-state index in [-0.39, 0.29) is 17.2 Å². The fraction of sp³-hybridized carbons (Fsp3) is 0.667. The van der Waals surface area contributed by atoms with Crippen molar-refractivity contribution in [3.8, 4) is 0 Å². The number of aliphatic hydroxyl groups is 3. The molecule has 5 N–H and O–H groups in total. The second kappa shape index (κ2) is 6.37. The molecule has 1 saturated carbocycles. The summed E-state index contributed by atoms with van der Waals surface area (Å²) < 4.78 is 7.11. The van der Waals surface area contributed by atoms with E-state index in [4.69, 9.17) is 4.74 Å². The molecule has 4 atom stereocenters. The molecule has 1 saturated heterocycles. The number of anilines is 1. The summed E-state index contributed by atoms with van der Waals surface area (Å²) in [5.74, 6) is 0.362. The second-order valence-corrected chi connectivity index (χ2v) is 6.56. The van der Waals surface area contributed by atoms with Gasteiger partial charge in [0, 0.05) is 6.04 Å². The topological polar surface area (TPSA) is 146 Å². The predicted molar refractivity (Wildman–Crippen MR) is 87.0 cm³/mol. The van der Waals surface area contributed by atoms with Gasteiger partial charge >= 0.3 is 0 Å². The van der Waals surface area contributed by atoms with Crippen LogP contribution in [0.5, 0.6) is 0 Å². The van der Waals surface area contributed by atoms with E-state index in [2.05, 4.69) is 20.3 Å². The molecule has 2 fully saturated rings. The standard InChI is InChI=1S/C15H21N5O5/c21-5-8-10(22)11(23)14(25-8)20-12-9(13(24)17-6-16-12)19-15(20)18-7-3-1-2-4-7/h6-8,10-11,14,21-23H,1-5H2,(H,18,19)(H,16,17,24)/t8-,10-,11-,14-/m1/s1. The molecule has 1 aliphatic carbocycles. The number of aliphatic hydroxyl groups excluding tert-OH is 3. The minimum absolute atomic E-state index is 0.126. The minimum atomic E-state index is -1.28. The van der Waals surface area contributed by atoms with Crippen molar-refractivity contribution in [1.82, 2.24) is 19.5 Å². The molecular formula is C15H21N5O5. The largest absolute Gasteiger partial charge is 0.394 e. The number of aromatic nitrogens is 4. The van der Waals surface area contributed by atoms with Gasteiger partial charge in [-0.2, -0.15) is 0 Å². The highest BCUT2D eigenvalue weighted by molar-refractivity contribution is 5.73. The number of nitrogens with zero attached hydrogens (tertiary/aromatic N) is 3. The van der Waals surface area contributed by atoms with Gasteiger partial charge in [0.1, 0.15) is 18.3 Å². The lowest BCUT2D eigenvalue weighted by Gasteiger charge is -2.21. The van der Waals surface area contributed by atoms with Crippen LogP contribution in [-0.2, 0) is 4.74 Å². The molecule has 2 aromatic rings. The summed E-state index contributed by atoms with van der Waals surface area (Å²) in [7, 11) is 0. The summed E-state index contributed by atoms with van der Waals surface area (Å²) in [6, 6.07) is 0.215. The van der Waals surface area contributed by atoms with Crippen molar-refractivity contribution in [3.05, 3.63) is 16.7 Å². The molecular weight excluding hydrogens is 330 g/mol. The molecule has 3 heterocycles. The zero-order valence-electron chi connectivity index (χ0n) is 13.5. The van der Waals surface area contributed by atoms with Crippen LogP contribution in [0.2, 0.25) is 0 Å². The molecule has 4 rings (SSSR count). The SMILES string of the molecule is O=c1[nH]cnc2c1nc(NC1CCCC1)n2[C@@H]1O[C@H](CO)[C@@H](O)[C@H]1O. The van der Waals surface area contributed by atoms with Gasteiger partial charge in [-0.25, -0.2) is 9.97 Å². The highest BCUT2D eigenvalue weighted by Gasteiger charge is 2.45. The maximum Gasteiger partial charge on any atom is 0.278 e. The summed E-state index contributed by atoms with van der Waals surface area (Å²) in [5, 5.41) is 33.0. The van der Waals surface area contributed by atoms with E-state index in [1.165, 1.54) is 10.9 Å². The predicted octanol–water partition coefficient (Wildman–Crippen LogP) is -0.914. The molecule has 25 heavy (non-hydrogen) atoms. The lowest BCUT2D eigenvalue weighted by molar-refractivity contribution is -0.0502. The molecule has 0 radical (unpaired) electrons. The molecule has 0 unspecified atom stereocenters. The number of imidazole rings is 1. The number of fused-ring (bicyclic) bond motifs is 1. The number of aromatic amines is 1. The third-order valence-electron chi connectivity index (χ3n) is 4.94. The Morgan fingerprint density at radius 3 is 2.76 bits per heavy atom. The van der Waals surface area contributed by atoms with E-state index in [0.29, 0.717) is 5.95 Å². The van der Waals surface area contributed by atoms with Crippen LogP contribution in [0.3, 0.4) is 0 Å². The van der Waals surface area contributed by atoms with Crippen LogP contribution in [0.4, 0.5) is 5.95 Å². The maximum absolute atomic E-state index is 12.1. The summed E-state index contributed by atoms with van der Waals surface area (Å²) >= 11 is 0. The Bertz CT molecular complexity index is 814. The Balaban J connectivity index is 1.80. The highest BCUT2D eigenvalue weighted by Crippen LogP contribution is 2.34. The van der Waals surface area contributed by atoms with E-state index in [1.807, 2.05) is 0 Å². The average molecular weight is 351 g/mol. The van der Waals surface area contributed by atoms with Crippen molar-refractivity contribution in [2.75, 3.05) is 11.9 Å². The van der Waals surface area contributed by atoms with Crippen LogP contribution in [0.15, 0.2) is 11.1 Å². The molecule has 0 bridgehead atoms. The highest BCUT2D eigenvalue weighted by atomic mass is 16.6. The molecule has 1 aliphatic heterocycles. The molecule has 136 valence electrons. The first-order chi connectivity index (χ1) is 12.1. The monoisotopic (exact) mass is 351 g/mol. The van der Waals surface area contributed by atoms with Gasteiger partial charge in [0.25, 0.3) is 5.56 Å². The summed E-state index contributed by atoms with van der Waals surface area (Å²) in [5.41, 5.74) is -0.0233. The Kier molecular flexibility index (Phi) is 4.20. The first-order valence-corrected chi connectivity index (χ1v) is 8.44. The zero-order chi connectivity index (χ0) is 17.6. The molecule has 0 aromatic carbocycles. The van der Waals surface area contributed by atoms with Crippen LogP contribution >= 0.6 is 0 Å². The van der Waals surface area contributed by atoms with Crippen molar-refractivity contribution in [3.63, 3.8) is 0 Å². The number of hydrogen-bond donors (Lipinski definition) is 5. The minimum Gasteiger partial charge on any atom is -0.394 e. The summed E-state index contributed by atoms with van der Waals surface area (Å²) in [4.78, 5) is 23.0. The van der Waals surface area contributed by atoms with Crippen molar-refractivity contribution in [1.29, 1.82) is 0 Å². The fourth-order valence-corrected chi connectivity index (χ4v) is 3.61. The van der Waals surface area contributed by atoms with Crippen LogP contribution in [0, 0.1) is 0 Å². The van der Waals surface area contributed by atoms with Gasteiger partial charge in [0.15, 0.2) is 17.4 Å². The summed E-state index contributed by atoms with van der Waals surface area (Å²) in [6.07, 6.45) is 1.02. The smallest absolute Gasteiger partial charge is 0.278 e. The number of ether oxygens (including phenoxy) is 1. The third-order valence-corrected chi connectivity index (χ3v) is 4.94. The van der Waals surface area contributed by atoms with Gasteiger partial charge in [-0.05, 0) is 12.8 Å². The average Bonchev–Trinajstić information content (AvgIpc) is 3.30. The quantitative estimate of drug-likeness (QED) is 0.476. The summed E-state index contributed by atoms with van der Waals surface area (Å²) in [6.45, 7) is -0.430. The van der Waals surface area contributed by atoms with E-state index < -0.39 is 36.7 Å². The number of hydrogen-bond acceptors (Lipinski definition) is 8. The molecule has 2 aromatic heterocycles. The number of rotatable bonds is 4. The van der Waals surface area contributed by atoms with Crippen molar-refractivity contribution < 1.29 is 20.1 Å². The van der Waals surface area contributed by atoms with Gasteiger partial charge < -0.3 is 30.4 Å².